The van der Waals surface area contributed by atoms with Crippen molar-refractivity contribution in [3.05, 3.63) is 76.2 Å². The van der Waals surface area contributed by atoms with E-state index in [9.17, 15) is 9.18 Å². The third kappa shape index (κ3) is 3.09. The van der Waals surface area contributed by atoms with Gasteiger partial charge in [0, 0.05) is 17.6 Å². The van der Waals surface area contributed by atoms with E-state index in [0.29, 0.717) is 0 Å². The summed E-state index contributed by atoms with van der Waals surface area (Å²) in [6.45, 7) is 6.67. The van der Waals surface area contributed by atoms with Crippen LogP contribution in [0.4, 0.5) is 4.39 Å². The van der Waals surface area contributed by atoms with E-state index in [-0.39, 0.29) is 17.8 Å². The highest BCUT2D eigenvalue weighted by Gasteiger charge is 2.32. The molecule has 1 aliphatic rings. The van der Waals surface area contributed by atoms with E-state index in [4.69, 9.17) is 0 Å². The molecule has 0 aliphatic carbocycles. The normalized spacial score (nSPS) is 16.9. The molecule has 0 N–H and O–H groups in total. The van der Waals surface area contributed by atoms with E-state index in [1.54, 1.807) is 12.1 Å². The van der Waals surface area contributed by atoms with Gasteiger partial charge in [-0.25, -0.2) is 4.39 Å². The molecule has 1 fully saturated rings. The quantitative estimate of drug-likeness (QED) is 0.622. The third-order valence-corrected chi connectivity index (χ3v) is 5.61. The maximum Gasteiger partial charge on any atom is 0.255 e. The molecular weight excluding hydrogens is 339 g/mol. The van der Waals surface area contributed by atoms with Gasteiger partial charge in [0.25, 0.3) is 5.91 Å². The first-order valence-electron chi connectivity index (χ1n) is 9.39. The Morgan fingerprint density at radius 1 is 1.11 bits per heavy atom. The van der Waals surface area contributed by atoms with Crippen LogP contribution < -0.4 is 0 Å². The number of nitrogens with zero attached hydrogens (tertiary/aromatic N) is 2. The van der Waals surface area contributed by atoms with E-state index in [2.05, 4.69) is 4.98 Å². The third-order valence-electron chi connectivity index (χ3n) is 5.61. The Kier molecular flexibility index (Phi) is 4.42. The van der Waals surface area contributed by atoms with E-state index in [1.807, 2.05) is 43.9 Å². The van der Waals surface area contributed by atoms with Crippen molar-refractivity contribution in [3.8, 4) is 0 Å². The van der Waals surface area contributed by atoms with Gasteiger partial charge in [0.15, 0.2) is 0 Å². The number of pyridine rings is 1. The summed E-state index contributed by atoms with van der Waals surface area (Å²) in [6, 6.07) is 12.6. The molecule has 0 radical (unpaired) electrons. The number of carbonyl (C=O) groups is 1. The first-order valence-corrected chi connectivity index (χ1v) is 9.39. The lowest BCUT2D eigenvalue weighted by atomic mass is 9.98. The van der Waals surface area contributed by atoms with E-state index in [0.717, 1.165) is 58.2 Å². The zero-order chi connectivity index (χ0) is 19.1. The molecule has 1 atom stereocenters. The second kappa shape index (κ2) is 6.76. The average molecular weight is 362 g/mol. The number of hydrogen-bond acceptors (Lipinski definition) is 2. The van der Waals surface area contributed by atoms with Crippen LogP contribution in [0.15, 0.2) is 42.5 Å². The van der Waals surface area contributed by atoms with Gasteiger partial charge in [0.2, 0.25) is 0 Å². The molecule has 1 aromatic heterocycles. The van der Waals surface area contributed by atoms with Crippen LogP contribution in [0.1, 0.15) is 51.6 Å². The summed E-state index contributed by atoms with van der Waals surface area (Å²) in [4.78, 5) is 20.2. The Morgan fingerprint density at radius 3 is 2.59 bits per heavy atom. The number of likely N-dealkylation sites (tertiary alicyclic amines) is 1. The molecule has 4 rings (SSSR count). The Balaban J connectivity index is 1.81. The summed E-state index contributed by atoms with van der Waals surface area (Å²) in [5.74, 6) is -0.211. The zero-order valence-electron chi connectivity index (χ0n) is 15.9. The molecule has 0 saturated carbocycles. The predicted molar refractivity (Wildman–Crippen MR) is 105 cm³/mol. The van der Waals surface area contributed by atoms with E-state index >= 15 is 0 Å². The van der Waals surface area contributed by atoms with Crippen LogP contribution in [-0.4, -0.2) is 22.3 Å². The average Bonchev–Trinajstić information content (AvgIpc) is 3.13. The Morgan fingerprint density at radius 2 is 1.85 bits per heavy atom. The number of halogens is 1. The van der Waals surface area contributed by atoms with Crippen LogP contribution in [0.3, 0.4) is 0 Å². The maximum atomic E-state index is 13.6. The van der Waals surface area contributed by atoms with Crippen molar-refractivity contribution in [1.29, 1.82) is 0 Å². The molecule has 27 heavy (non-hydrogen) atoms. The van der Waals surface area contributed by atoms with Gasteiger partial charge in [0.1, 0.15) is 5.82 Å². The zero-order valence-corrected chi connectivity index (χ0v) is 15.9. The van der Waals surface area contributed by atoms with E-state index in [1.165, 1.54) is 12.1 Å². The SMILES string of the molecule is Cc1ccc2nc(C)c(C)c(C(=O)N3CCCC3c3ccc(F)cc3)c2c1. The van der Waals surface area contributed by atoms with Gasteiger partial charge in [-0.3, -0.25) is 9.78 Å². The topological polar surface area (TPSA) is 33.2 Å². The van der Waals surface area contributed by atoms with Crippen molar-refractivity contribution in [1.82, 2.24) is 9.88 Å². The second-order valence-corrected chi connectivity index (χ2v) is 7.43. The van der Waals surface area contributed by atoms with Crippen LogP contribution >= 0.6 is 0 Å². The smallest absolute Gasteiger partial charge is 0.255 e. The van der Waals surface area contributed by atoms with Gasteiger partial charge in [-0.05, 0) is 69.0 Å². The molecule has 138 valence electrons. The Hall–Kier alpha value is -2.75. The van der Waals surface area contributed by atoms with Crippen molar-refractivity contribution in [2.75, 3.05) is 6.54 Å². The first-order chi connectivity index (χ1) is 13.0. The van der Waals surface area contributed by atoms with Crippen molar-refractivity contribution in [3.63, 3.8) is 0 Å². The molecule has 0 spiro atoms. The molecule has 2 heterocycles. The van der Waals surface area contributed by atoms with Crippen molar-refractivity contribution in [2.24, 2.45) is 0 Å². The van der Waals surface area contributed by atoms with Crippen LogP contribution in [0, 0.1) is 26.6 Å². The summed E-state index contributed by atoms with van der Waals surface area (Å²) >= 11 is 0. The van der Waals surface area contributed by atoms with Gasteiger partial charge in [-0.1, -0.05) is 23.8 Å². The van der Waals surface area contributed by atoms with Crippen molar-refractivity contribution < 1.29 is 9.18 Å². The van der Waals surface area contributed by atoms with Gasteiger partial charge in [0.05, 0.1) is 17.1 Å². The largest absolute Gasteiger partial charge is 0.332 e. The lowest BCUT2D eigenvalue weighted by Crippen LogP contribution is -2.31. The summed E-state index contributed by atoms with van der Waals surface area (Å²) in [5, 5.41) is 0.910. The van der Waals surface area contributed by atoms with Crippen LogP contribution in [-0.2, 0) is 0 Å². The minimum absolute atomic E-state index is 0.00849. The molecule has 3 nitrogen and oxygen atoms in total. The molecular formula is C23H23FN2O. The van der Waals surface area contributed by atoms with Crippen LogP contribution in [0.2, 0.25) is 0 Å². The second-order valence-electron chi connectivity index (χ2n) is 7.43. The monoisotopic (exact) mass is 362 g/mol. The summed E-state index contributed by atoms with van der Waals surface area (Å²) in [7, 11) is 0. The summed E-state index contributed by atoms with van der Waals surface area (Å²) in [6.07, 6.45) is 1.85. The number of aromatic nitrogens is 1. The van der Waals surface area contributed by atoms with Gasteiger partial charge in [-0.15, -0.1) is 0 Å². The maximum absolute atomic E-state index is 13.6. The predicted octanol–water partition coefficient (Wildman–Crippen LogP) is 5.28. The van der Waals surface area contributed by atoms with Gasteiger partial charge >= 0.3 is 0 Å². The first kappa shape index (κ1) is 17.7. The Labute approximate surface area is 158 Å². The number of amides is 1. The van der Waals surface area contributed by atoms with Crippen LogP contribution in [0.25, 0.3) is 10.9 Å². The number of benzene rings is 2. The molecule has 1 unspecified atom stereocenters. The standard InChI is InChI=1S/C23H23FN2O/c1-14-6-11-20-19(13-14)22(15(2)16(3)25-20)23(27)26-12-4-5-21(26)17-7-9-18(24)10-8-17/h6-11,13,21H,4-5,12H2,1-3H3. The molecule has 0 bridgehead atoms. The number of carbonyl (C=O) groups excluding carboxylic acids is 1. The number of aryl methyl sites for hydroxylation is 2. The summed E-state index contributed by atoms with van der Waals surface area (Å²) in [5.41, 5.74) is 5.51. The van der Waals surface area contributed by atoms with E-state index < -0.39 is 0 Å². The molecule has 1 aliphatic heterocycles. The highest BCUT2D eigenvalue weighted by molar-refractivity contribution is 6.08. The van der Waals surface area contributed by atoms with Crippen molar-refractivity contribution >= 4 is 16.8 Å². The lowest BCUT2D eigenvalue weighted by molar-refractivity contribution is 0.0736. The fourth-order valence-electron chi connectivity index (χ4n) is 4.06. The molecule has 1 saturated heterocycles. The van der Waals surface area contributed by atoms with Crippen LogP contribution in [0.5, 0.6) is 0 Å². The molecule has 4 heteroatoms. The minimum Gasteiger partial charge on any atom is -0.332 e. The highest BCUT2D eigenvalue weighted by Crippen LogP contribution is 2.35. The van der Waals surface area contributed by atoms with Crippen molar-refractivity contribution in [2.45, 2.75) is 39.7 Å². The fraction of sp³-hybridized carbons (Fsp3) is 0.304. The number of hydrogen-bond donors (Lipinski definition) is 0. The summed E-state index contributed by atoms with van der Waals surface area (Å²) < 4.78 is 13.3. The molecule has 1 amide bonds. The number of rotatable bonds is 2. The number of fused-ring (bicyclic) bond motifs is 1. The molecule has 2 aromatic carbocycles. The minimum atomic E-state index is -0.253. The molecule has 3 aromatic rings. The van der Waals surface area contributed by atoms with Gasteiger partial charge in [-0.2, -0.15) is 0 Å². The highest BCUT2D eigenvalue weighted by atomic mass is 19.1. The van der Waals surface area contributed by atoms with Gasteiger partial charge < -0.3 is 4.90 Å². The lowest BCUT2D eigenvalue weighted by Gasteiger charge is -2.27. The Bertz CT molecular complexity index is 1030. The fourth-order valence-corrected chi connectivity index (χ4v) is 4.06.